The molecule has 0 unspecified atom stereocenters. The van der Waals surface area contributed by atoms with E-state index in [1.165, 1.54) is 0 Å². The molecule has 0 saturated carbocycles. The number of carboxylic acids is 2. The molecule has 0 bridgehead atoms. The number of rotatable bonds is 4. The maximum absolute atomic E-state index is 10.6. The number of hydrogen-bond acceptors (Lipinski definition) is 4. The fourth-order valence-electron chi connectivity index (χ4n) is 1.71. The molecule has 0 aromatic heterocycles. The molecule has 0 aliphatic carbocycles. The number of carboxylic acid groups (broad SMARTS) is 2. The van der Waals surface area contributed by atoms with Gasteiger partial charge in [0.05, 0.1) is 6.54 Å². The maximum Gasteiger partial charge on any atom is 0.320 e. The molecule has 2 rings (SSSR count). The van der Waals surface area contributed by atoms with Crippen molar-refractivity contribution in [3.05, 3.63) is 48.0 Å². The van der Waals surface area contributed by atoms with E-state index in [1.807, 2.05) is 42.5 Å². The molecule has 0 fully saturated rings. The summed E-state index contributed by atoms with van der Waals surface area (Å²) in [5.74, 6) is -1.93. The quantitative estimate of drug-likeness (QED) is 0.660. The van der Waals surface area contributed by atoms with Crippen molar-refractivity contribution in [3.8, 4) is 0 Å². The molecule has 6 nitrogen and oxygen atoms in total. The lowest BCUT2D eigenvalue weighted by Crippen LogP contribution is -2.32. The first-order chi connectivity index (χ1) is 9.93. The van der Waals surface area contributed by atoms with Crippen molar-refractivity contribution in [3.63, 3.8) is 0 Å². The molecule has 1 atom stereocenters. The van der Waals surface area contributed by atoms with Gasteiger partial charge in [0.25, 0.3) is 0 Å². The molecule has 0 spiro atoms. The van der Waals surface area contributed by atoms with Gasteiger partial charge in [-0.3, -0.25) is 9.59 Å². The smallest absolute Gasteiger partial charge is 0.320 e. The van der Waals surface area contributed by atoms with E-state index in [4.69, 9.17) is 15.9 Å². The van der Waals surface area contributed by atoms with Crippen LogP contribution in [0.15, 0.2) is 42.5 Å². The molecular formula is C15H18N2O4. The normalized spacial score (nSPS) is 11.3. The van der Waals surface area contributed by atoms with Gasteiger partial charge in [-0.2, -0.15) is 0 Å². The van der Waals surface area contributed by atoms with Gasteiger partial charge in [-0.15, -0.1) is 0 Å². The topological polar surface area (TPSA) is 127 Å². The molecule has 21 heavy (non-hydrogen) atoms. The summed E-state index contributed by atoms with van der Waals surface area (Å²) in [6.45, 7) is -0.278. The van der Waals surface area contributed by atoms with Crippen LogP contribution in [-0.4, -0.2) is 34.7 Å². The SMILES string of the molecule is NCC(=O)O.N[C@@H](Cc1ccc2ccccc2c1)C(=O)O. The zero-order valence-corrected chi connectivity index (χ0v) is 11.4. The summed E-state index contributed by atoms with van der Waals surface area (Å²) in [7, 11) is 0. The lowest BCUT2D eigenvalue weighted by Gasteiger charge is -2.07. The zero-order chi connectivity index (χ0) is 15.8. The minimum Gasteiger partial charge on any atom is -0.480 e. The van der Waals surface area contributed by atoms with Gasteiger partial charge in [-0.05, 0) is 22.8 Å². The number of carbonyl (C=O) groups is 2. The van der Waals surface area contributed by atoms with Crippen molar-refractivity contribution in [2.45, 2.75) is 12.5 Å². The fourth-order valence-corrected chi connectivity index (χ4v) is 1.71. The van der Waals surface area contributed by atoms with Crippen molar-refractivity contribution in [1.29, 1.82) is 0 Å². The van der Waals surface area contributed by atoms with Crippen molar-refractivity contribution in [2.24, 2.45) is 11.5 Å². The Morgan fingerprint density at radius 3 is 2.14 bits per heavy atom. The molecule has 0 aliphatic heterocycles. The van der Waals surface area contributed by atoms with Crippen LogP contribution in [0.2, 0.25) is 0 Å². The first-order valence-electron chi connectivity index (χ1n) is 6.32. The third-order valence-electron chi connectivity index (χ3n) is 2.76. The summed E-state index contributed by atoms with van der Waals surface area (Å²) in [4.78, 5) is 19.9. The summed E-state index contributed by atoms with van der Waals surface area (Å²) < 4.78 is 0. The fraction of sp³-hybridized carbons (Fsp3) is 0.200. The average Bonchev–Trinajstić information content (AvgIpc) is 2.47. The van der Waals surface area contributed by atoms with Crippen LogP contribution in [0.4, 0.5) is 0 Å². The monoisotopic (exact) mass is 290 g/mol. The summed E-state index contributed by atoms with van der Waals surface area (Å²) in [6, 6.07) is 13.0. The lowest BCUT2D eigenvalue weighted by atomic mass is 10.0. The largest absolute Gasteiger partial charge is 0.480 e. The average molecular weight is 290 g/mol. The van der Waals surface area contributed by atoms with E-state index in [9.17, 15) is 9.59 Å². The van der Waals surface area contributed by atoms with Gasteiger partial charge in [-0.1, -0.05) is 42.5 Å². The minimum atomic E-state index is -0.968. The van der Waals surface area contributed by atoms with Crippen LogP contribution < -0.4 is 11.5 Å². The first kappa shape index (κ1) is 16.6. The van der Waals surface area contributed by atoms with E-state index in [1.54, 1.807) is 0 Å². The first-order valence-corrected chi connectivity index (χ1v) is 6.32. The highest BCUT2D eigenvalue weighted by atomic mass is 16.4. The number of fused-ring (bicyclic) bond motifs is 1. The maximum atomic E-state index is 10.6. The van der Waals surface area contributed by atoms with Crippen LogP contribution >= 0.6 is 0 Å². The standard InChI is InChI=1S/C13H13NO2.C2H5NO2/c14-12(13(15)16)8-9-5-6-10-3-1-2-4-11(10)7-9;3-1-2(4)5/h1-7,12H,8,14H2,(H,15,16);1,3H2,(H,4,5)/t12-;/m0./s1. The second-order valence-corrected chi connectivity index (χ2v) is 4.43. The van der Waals surface area contributed by atoms with E-state index in [0.29, 0.717) is 6.42 Å². The van der Waals surface area contributed by atoms with E-state index in [0.717, 1.165) is 16.3 Å². The number of nitrogens with two attached hydrogens (primary N) is 2. The predicted molar refractivity (Wildman–Crippen MR) is 80.0 cm³/mol. The van der Waals surface area contributed by atoms with E-state index in [-0.39, 0.29) is 6.54 Å². The van der Waals surface area contributed by atoms with Crippen LogP contribution in [0.1, 0.15) is 5.56 Å². The molecule has 2 aromatic carbocycles. The number of aliphatic carboxylic acids is 2. The Morgan fingerprint density at radius 1 is 1.05 bits per heavy atom. The van der Waals surface area contributed by atoms with Crippen LogP contribution in [0.3, 0.4) is 0 Å². The summed E-state index contributed by atoms with van der Waals surface area (Å²) >= 11 is 0. The third-order valence-corrected chi connectivity index (χ3v) is 2.76. The van der Waals surface area contributed by atoms with Gasteiger partial charge in [0, 0.05) is 0 Å². The Hall–Kier alpha value is -2.44. The molecule has 112 valence electrons. The van der Waals surface area contributed by atoms with Crippen LogP contribution in [0.25, 0.3) is 10.8 Å². The molecular weight excluding hydrogens is 272 g/mol. The molecule has 0 radical (unpaired) electrons. The molecule has 0 aliphatic rings. The van der Waals surface area contributed by atoms with Gasteiger partial charge in [0.1, 0.15) is 6.04 Å². The highest BCUT2D eigenvalue weighted by Gasteiger charge is 2.11. The molecule has 2 aromatic rings. The van der Waals surface area contributed by atoms with Gasteiger partial charge < -0.3 is 21.7 Å². The van der Waals surface area contributed by atoms with Gasteiger partial charge in [-0.25, -0.2) is 0 Å². The van der Waals surface area contributed by atoms with Crippen LogP contribution in [0.5, 0.6) is 0 Å². The molecule has 0 amide bonds. The Labute approximate surface area is 122 Å². The van der Waals surface area contributed by atoms with Crippen LogP contribution in [-0.2, 0) is 16.0 Å². The number of benzene rings is 2. The molecule has 6 heteroatoms. The minimum absolute atomic E-state index is 0.278. The predicted octanol–water partition coefficient (Wildman–Crippen LogP) is 0.824. The van der Waals surface area contributed by atoms with Gasteiger partial charge >= 0.3 is 11.9 Å². The van der Waals surface area contributed by atoms with Gasteiger partial charge in [0.2, 0.25) is 0 Å². The third kappa shape index (κ3) is 5.60. The Morgan fingerprint density at radius 2 is 1.62 bits per heavy atom. The van der Waals surface area contributed by atoms with Crippen molar-refractivity contribution < 1.29 is 19.8 Å². The van der Waals surface area contributed by atoms with Crippen molar-refractivity contribution >= 4 is 22.7 Å². The second-order valence-electron chi connectivity index (χ2n) is 4.43. The lowest BCUT2D eigenvalue weighted by molar-refractivity contribution is -0.138. The van der Waals surface area contributed by atoms with Crippen molar-refractivity contribution in [2.75, 3.05) is 6.54 Å². The molecule has 0 heterocycles. The van der Waals surface area contributed by atoms with E-state index < -0.39 is 18.0 Å². The highest BCUT2D eigenvalue weighted by Crippen LogP contribution is 2.16. The molecule has 0 saturated heterocycles. The zero-order valence-electron chi connectivity index (χ0n) is 11.4. The second kappa shape index (κ2) is 7.98. The van der Waals surface area contributed by atoms with Crippen molar-refractivity contribution in [1.82, 2.24) is 0 Å². The summed E-state index contributed by atoms with van der Waals surface area (Å²) in [5.41, 5.74) is 11.0. The van der Waals surface area contributed by atoms with Gasteiger partial charge in [0.15, 0.2) is 0 Å². The Bertz CT molecular complexity index is 628. The number of hydrogen-bond donors (Lipinski definition) is 4. The van der Waals surface area contributed by atoms with E-state index in [2.05, 4.69) is 5.73 Å². The highest BCUT2D eigenvalue weighted by molar-refractivity contribution is 5.83. The molecule has 6 N–H and O–H groups in total. The summed E-state index contributed by atoms with van der Waals surface area (Å²) in [5, 5.41) is 18.6. The van der Waals surface area contributed by atoms with Crippen LogP contribution in [0, 0.1) is 0 Å². The summed E-state index contributed by atoms with van der Waals surface area (Å²) in [6.07, 6.45) is 0.361. The Kier molecular flexibility index (Phi) is 6.32. The van der Waals surface area contributed by atoms with E-state index >= 15 is 0 Å². The Balaban J connectivity index is 0.000000383.